The van der Waals surface area contributed by atoms with Crippen molar-refractivity contribution >= 4 is 0 Å². The molecule has 0 heterocycles. The van der Waals surface area contributed by atoms with Gasteiger partial charge in [0.25, 0.3) is 0 Å². The average molecular weight is 211 g/mol. The van der Waals surface area contributed by atoms with E-state index < -0.39 is 0 Å². The fourth-order valence-corrected chi connectivity index (χ4v) is 2.59. The Labute approximate surface area is 93.9 Å². The molecular formula is C13H25NO. The third kappa shape index (κ3) is 3.96. The van der Waals surface area contributed by atoms with Crippen LogP contribution < -0.4 is 5.73 Å². The van der Waals surface area contributed by atoms with Crippen LogP contribution in [-0.2, 0) is 4.74 Å². The van der Waals surface area contributed by atoms with Crippen LogP contribution in [-0.4, -0.2) is 18.8 Å². The SMILES string of the molecule is C=CCC(N)C(OCC)C1CCCCC1. The number of rotatable bonds is 6. The van der Waals surface area contributed by atoms with Gasteiger partial charge in [-0.2, -0.15) is 0 Å². The molecule has 2 unspecified atom stereocenters. The molecule has 0 aliphatic heterocycles. The monoisotopic (exact) mass is 211 g/mol. The maximum absolute atomic E-state index is 6.15. The minimum atomic E-state index is 0.130. The maximum Gasteiger partial charge on any atom is 0.0756 e. The first kappa shape index (κ1) is 12.7. The van der Waals surface area contributed by atoms with E-state index in [0.29, 0.717) is 5.92 Å². The molecule has 0 spiro atoms. The predicted octanol–water partition coefficient (Wildman–Crippen LogP) is 2.88. The normalized spacial score (nSPS) is 22.3. The van der Waals surface area contributed by atoms with Crippen molar-refractivity contribution in [2.45, 2.75) is 57.6 Å². The van der Waals surface area contributed by atoms with Crippen molar-refractivity contribution in [2.75, 3.05) is 6.61 Å². The largest absolute Gasteiger partial charge is 0.377 e. The van der Waals surface area contributed by atoms with E-state index in [0.717, 1.165) is 13.0 Å². The molecule has 0 radical (unpaired) electrons. The van der Waals surface area contributed by atoms with Crippen molar-refractivity contribution in [1.82, 2.24) is 0 Å². The van der Waals surface area contributed by atoms with Crippen molar-refractivity contribution < 1.29 is 4.74 Å². The molecule has 88 valence electrons. The molecule has 0 bridgehead atoms. The zero-order valence-corrected chi connectivity index (χ0v) is 9.95. The third-order valence-electron chi connectivity index (χ3n) is 3.33. The van der Waals surface area contributed by atoms with Gasteiger partial charge in [0.05, 0.1) is 6.10 Å². The van der Waals surface area contributed by atoms with Gasteiger partial charge in [-0.15, -0.1) is 6.58 Å². The number of nitrogens with two attached hydrogens (primary N) is 1. The summed E-state index contributed by atoms with van der Waals surface area (Å²) in [5, 5.41) is 0. The van der Waals surface area contributed by atoms with Gasteiger partial charge in [-0.05, 0) is 32.1 Å². The van der Waals surface area contributed by atoms with Crippen LogP contribution in [0.5, 0.6) is 0 Å². The first-order valence-corrected chi connectivity index (χ1v) is 6.27. The van der Waals surface area contributed by atoms with E-state index in [9.17, 15) is 0 Å². The molecule has 1 aliphatic carbocycles. The summed E-state index contributed by atoms with van der Waals surface area (Å²) in [6.45, 7) is 6.57. The molecule has 1 rings (SSSR count). The Hall–Kier alpha value is -0.340. The van der Waals surface area contributed by atoms with E-state index in [2.05, 4.69) is 13.5 Å². The second-order valence-electron chi connectivity index (χ2n) is 4.51. The Bertz CT molecular complexity index is 175. The highest BCUT2D eigenvalue weighted by molar-refractivity contribution is 4.87. The lowest BCUT2D eigenvalue weighted by atomic mass is 9.82. The second kappa shape index (κ2) is 7.02. The van der Waals surface area contributed by atoms with Crippen molar-refractivity contribution in [1.29, 1.82) is 0 Å². The summed E-state index contributed by atoms with van der Waals surface area (Å²) in [5.74, 6) is 0.675. The van der Waals surface area contributed by atoms with E-state index in [1.54, 1.807) is 0 Å². The third-order valence-corrected chi connectivity index (χ3v) is 3.33. The smallest absolute Gasteiger partial charge is 0.0756 e. The van der Waals surface area contributed by atoms with Crippen molar-refractivity contribution in [2.24, 2.45) is 11.7 Å². The molecule has 2 N–H and O–H groups in total. The van der Waals surface area contributed by atoms with E-state index in [1.807, 2.05) is 6.08 Å². The van der Waals surface area contributed by atoms with Crippen LogP contribution in [0.2, 0.25) is 0 Å². The van der Waals surface area contributed by atoms with E-state index in [-0.39, 0.29) is 12.1 Å². The number of ether oxygens (including phenoxy) is 1. The van der Waals surface area contributed by atoms with E-state index >= 15 is 0 Å². The summed E-state index contributed by atoms with van der Waals surface area (Å²) >= 11 is 0. The van der Waals surface area contributed by atoms with Gasteiger partial charge in [-0.1, -0.05) is 25.3 Å². The van der Waals surface area contributed by atoms with Crippen molar-refractivity contribution in [3.05, 3.63) is 12.7 Å². The Kier molecular flexibility index (Phi) is 5.96. The molecule has 1 aliphatic rings. The summed E-state index contributed by atoms with van der Waals surface area (Å²) in [6.07, 6.45) is 9.65. The average Bonchev–Trinajstić information content (AvgIpc) is 2.27. The van der Waals surface area contributed by atoms with Crippen LogP contribution in [0.25, 0.3) is 0 Å². The molecule has 2 atom stereocenters. The molecule has 0 aromatic carbocycles. The van der Waals surface area contributed by atoms with Crippen molar-refractivity contribution in [3.63, 3.8) is 0 Å². The number of hydrogen-bond donors (Lipinski definition) is 1. The van der Waals surface area contributed by atoms with Crippen LogP contribution >= 0.6 is 0 Å². The lowest BCUT2D eigenvalue weighted by molar-refractivity contribution is -0.00860. The molecule has 0 aromatic heterocycles. The molecule has 1 fully saturated rings. The Balaban J connectivity index is 2.49. The lowest BCUT2D eigenvalue weighted by Crippen LogP contribution is -2.42. The van der Waals surface area contributed by atoms with Crippen LogP contribution in [0.4, 0.5) is 0 Å². The van der Waals surface area contributed by atoms with Crippen LogP contribution in [0.15, 0.2) is 12.7 Å². The van der Waals surface area contributed by atoms with Gasteiger partial charge in [-0.25, -0.2) is 0 Å². The highest BCUT2D eigenvalue weighted by atomic mass is 16.5. The molecular weight excluding hydrogens is 186 g/mol. The van der Waals surface area contributed by atoms with Crippen LogP contribution in [0.1, 0.15) is 45.4 Å². The van der Waals surface area contributed by atoms with Crippen LogP contribution in [0, 0.1) is 5.92 Å². The lowest BCUT2D eigenvalue weighted by Gasteiger charge is -2.33. The van der Waals surface area contributed by atoms with Gasteiger partial charge in [0, 0.05) is 12.6 Å². The Morgan fingerprint density at radius 2 is 2.07 bits per heavy atom. The first-order valence-electron chi connectivity index (χ1n) is 6.27. The van der Waals surface area contributed by atoms with Gasteiger partial charge in [0.15, 0.2) is 0 Å². The van der Waals surface area contributed by atoms with Gasteiger partial charge < -0.3 is 10.5 Å². The standard InChI is InChI=1S/C13H25NO/c1-3-8-12(14)13(15-4-2)11-9-6-5-7-10-11/h3,11-13H,1,4-10,14H2,2H3. The van der Waals surface area contributed by atoms with Gasteiger partial charge >= 0.3 is 0 Å². The zero-order chi connectivity index (χ0) is 11.1. The molecule has 2 heteroatoms. The van der Waals surface area contributed by atoms with E-state index in [1.165, 1.54) is 32.1 Å². The predicted molar refractivity (Wildman–Crippen MR) is 64.8 cm³/mol. The Morgan fingerprint density at radius 3 is 2.60 bits per heavy atom. The molecule has 15 heavy (non-hydrogen) atoms. The molecule has 0 saturated heterocycles. The Morgan fingerprint density at radius 1 is 1.40 bits per heavy atom. The summed E-state index contributed by atoms with van der Waals surface area (Å²) in [5.41, 5.74) is 6.15. The summed E-state index contributed by atoms with van der Waals surface area (Å²) in [7, 11) is 0. The van der Waals surface area contributed by atoms with Gasteiger partial charge in [0.2, 0.25) is 0 Å². The molecule has 0 aromatic rings. The maximum atomic E-state index is 6.15. The molecule has 0 amide bonds. The van der Waals surface area contributed by atoms with Gasteiger partial charge in [-0.3, -0.25) is 0 Å². The molecule has 1 saturated carbocycles. The zero-order valence-electron chi connectivity index (χ0n) is 9.95. The minimum Gasteiger partial charge on any atom is -0.377 e. The fourth-order valence-electron chi connectivity index (χ4n) is 2.59. The highest BCUT2D eigenvalue weighted by Gasteiger charge is 2.28. The highest BCUT2D eigenvalue weighted by Crippen LogP contribution is 2.29. The van der Waals surface area contributed by atoms with Gasteiger partial charge in [0.1, 0.15) is 0 Å². The summed E-state index contributed by atoms with van der Waals surface area (Å²) in [6, 6.07) is 0.130. The first-order chi connectivity index (χ1) is 7.29. The molecule has 2 nitrogen and oxygen atoms in total. The van der Waals surface area contributed by atoms with E-state index in [4.69, 9.17) is 10.5 Å². The summed E-state index contributed by atoms with van der Waals surface area (Å²) < 4.78 is 5.82. The summed E-state index contributed by atoms with van der Waals surface area (Å²) in [4.78, 5) is 0. The fraction of sp³-hybridized carbons (Fsp3) is 0.846. The number of hydrogen-bond acceptors (Lipinski definition) is 2. The topological polar surface area (TPSA) is 35.2 Å². The quantitative estimate of drug-likeness (QED) is 0.686. The second-order valence-corrected chi connectivity index (χ2v) is 4.51. The van der Waals surface area contributed by atoms with Crippen molar-refractivity contribution in [3.8, 4) is 0 Å². The minimum absolute atomic E-state index is 0.130. The van der Waals surface area contributed by atoms with Crippen LogP contribution in [0.3, 0.4) is 0 Å².